The van der Waals surface area contributed by atoms with Crippen LogP contribution in [-0.4, -0.2) is 49.3 Å². The molecule has 2 atom stereocenters. The highest BCUT2D eigenvalue weighted by atomic mass is 31.2. The van der Waals surface area contributed by atoms with E-state index in [0.717, 1.165) is 32.1 Å². The number of nitrogens with two attached hydrogens (primary N) is 1. The lowest BCUT2D eigenvalue weighted by atomic mass is 10.0. The van der Waals surface area contributed by atoms with E-state index in [1.54, 1.807) is 0 Å². The molecule has 2 unspecified atom stereocenters. The van der Waals surface area contributed by atoms with Crippen molar-refractivity contribution < 1.29 is 37.6 Å². The lowest BCUT2D eigenvalue weighted by molar-refractivity contribution is -0.161. The molecule has 0 aliphatic carbocycles. The largest absolute Gasteiger partial charge is 0.472 e. The van der Waals surface area contributed by atoms with Gasteiger partial charge in [0.1, 0.15) is 6.61 Å². The highest BCUT2D eigenvalue weighted by Gasteiger charge is 2.26. The molecule has 0 aromatic heterocycles. The second-order valence-corrected chi connectivity index (χ2v) is 23.1. The predicted octanol–water partition coefficient (Wildman–Crippen LogP) is 19.9. The van der Waals surface area contributed by atoms with Gasteiger partial charge < -0.3 is 20.1 Å². The Morgan fingerprint density at radius 2 is 0.606 bits per heavy atom. The molecule has 0 fully saturated rings. The van der Waals surface area contributed by atoms with Crippen LogP contribution in [0, 0.1) is 0 Å². The van der Waals surface area contributed by atoms with E-state index in [2.05, 4.69) is 13.8 Å². The van der Waals surface area contributed by atoms with Crippen molar-refractivity contribution in [3.05, 3.63) is 0 Å². The summed E-state index contributed by atoms with van der Waals surface area (Å²) in [5, 5.41) is 0. The first-order valence-corrected chi connectivity index (χ1v) is 33.0. The fraction of sp³-hybridized carbons (Fsp3) is 0.967. The Morgan fingerprint density at radius 1 is 0.366 bits per heavy atom. The minimum Gasteiger partial charge on any atom is -0.462 e. The van der Waals surface area contributed by atoms with Gasteiger partial charge in [0, 0.05) is 19.4 Å². The Bertz CT molecular complexity index is 1130. The van der Waals surface area contributed by atoms with Crippen molar-refractivity contribution in [3.8, 4) is 0 Å². The maximum atomic E-state index is 12.7. The Hall–Kier alpha value is -0.990. The summed E-state index contributed by atoms with van der Waals surface area (Å²) in [6, 6.07) is 0. The van der Waals surface area contributed by atoms with Gasteiger partial charge in [-0.3, -0.25) is 18.6 Å². The molecule has 0 amide bonds. The van der Waals surface area contributed by atoms with Crippen LogP contribution in [0.3, 0.4) is 0 Å². The number of carbonyl (C=O) groups excluding carboxylic acids is 2. The van der Waals surface area contributed by atoms with Crippen molar-refractivity contribution in [1.29, 1.82) is 0 Å². The van der Waals surface area contributed by atoms with Crippen LogP contribution in [-0.2, 0) is 32.7 Å². The van der Waals surface area contributed by atoms with Gasteiger partial charge in [-0.1, -0.05) is 322 Å². The highest BCUT2D eigenvalue weighted by Crippen LogP contribution is 2.43. The number of unbranched alkanes of at least 4 members (excludes halogenated alkanes) is 48. The van der Waals surface area contributed by atoms with Crippen LogP contribution in [0.15, 0.2) is 0 Å². The molecule has 0 saturated carbocycles. The Kier molecular flexibility index (Phi) is 57.5. The lowest BCUT2D eigenvalue weighted by Gasteiger charge is -2.19. The third-order valence-corrected chi connectivity index (χ3v) is 15.5. The molecule has 0 spiro atoms. The molecule has 0 radical (unpaired) electrons. The Labute approximate surface area is 441 Å². The normalized spacial score (nSPS) is 12.9. The molecule has 9 nitrogen and oxygen atoms in total. The first-order valence-electron chi connectivity index (χ1n) is 31.5. The molecule has 0 aliphatic heterocycles. The van der Waals surface area contributed by atoms with Crippen LogP contribution in [0.2, 0.25) is 0 Å². The van der Waals surface area contributed by atoms with E-state index < -0.39 is 26.5 Å². The summed E-state index contributed by atoms with van der Waals surface area (Å²) in [6.45, 7) is 3.83. The van der Waals surface area contributed by atoms with E-state index in [9.17, 15) is 19.0 Å². The van der Waals surface area contributed by atoms with E-state index in [0.29, 0.717) is 6.42 Å². The first-order chi connectivity index (χ1) is 34.8. The molecule has 0 heterocycles. The summed E-state index contributed by atoms with van der Waals surface area (Å²) in [4.78, 5) is 35.2. The molecule has 3 N–H and O–H groups in total. The minimum absolute atomic E-state index is 0.0587. The fourth-order valence-electron chi connectivity index (χ4n) is 9.82. The van der Waals surface area contributed by atoms with Gasteiger partial charge in [0.2, 0.25) is 0 Å². The number of ether oxygens (including phenoxy) is 2. The summed E-state index contributed by atoms with van der Waals surface area (Å²) in [6.07, 6.45) is 66.1. The highest BCUT2D eigenvalue weighted by molar-refractivity contribution is 7.47. The van der Waals surface area contributed by atoms with Crippen molar-refractivity contribution in [2.24, 2.45) is 5.73 Å². The predicted molar refractivity (Wildman–Crippen MR) is 303 cm³/mol. The molecule has 0 aromatic carbocycles. The fourth-order valence-corrected chi connectivity index (χ4v) is 10.6. The number of phosphoric ester groups is 1. The third-order valence-electron chi connectivity index (χ3n) is 14.5. The topological polar surface area (TPSA) is 134 Å². The van der Waals surface area contributed by atoms with Crippen molar-refractivity contribution >= 4 is 19.8 Å². The summed E-state index contributed by atoms with van der Waals surface area (Å²) in [5.74, 6) is -0.800. The number of carbonyl (C=O) groups is 2. The van der Waals surface area contributed by atoms with Crippen LogP contribution in [0.25, 0.3) is 0 Å². The summed E-state index contributed by atoms with van der Waals surface area (Å²) in [5.41, 5.74) is 5.39. The molecule has 0 aliphatic rings. The van der Waals surface area contributed by atoms with E-state index in [-0.39, 0.29) is 38.6 Å². The van der Waals surface area contributed by atoms with Gasteiger partial charge >= 0.3 is 19.8 Å². The van der Waals surface area contributed by atoms with Crippen molar-refractivity contribution in [2.45, 2.75) is 354 Å². The molecular formula is C61H122NO8P. The van der Waals surface area contributed by atoms with Gasteiger partial charge in [-0.15, -0.1) is 0 Å². The molecular weight excluding hydrogens is 906 g/mol. The van der Waals surface area contributed by atoms with Gasteiger partial charge in [-0.25, -0.2) is 4.57 Å². The average molecular weight is 1030 g/mol. The van der Waals surface area contributed by atoms with Crippen LogP contribution in [0.5, 0.6) is 0 Å². The summed E-state index contributed by atoms with van der Waals surface area (Å²) in [7, 11) is -4.38. The van der Waals surface area contributed by atoms with Gasteiger partial charge in [-0.05, 0) is 12.8 Å². The van der Waals surface area contributed by atoms with Gasteiger partial charge in [0.05, 0.1) is 13.2 Å². The summed E-state index contributed by atoms with van der Waals surface area (Å²) >= 11 is 0. The Balaban J connectivity index is 3.83. The molecule has 0 aromatic rings. The third kappa shape index (κ3) is 58.1. The zero-order chi connectivity index (χ0) is 51.7. The van der Waals surface area contributed by atoms with Crippen LogP contribution < -0.4 is 5.73 Å². The van der Waals surface area contributed by atoms with E-state index in [4.69, 9.17) is 24.3 Å². The van der Waals surface area contributed by atoms with Crippen LogP contribution in [0.4, 0.5) is 0 Å². The zero-order valence-electron chi connectivity index (χ0n) is 47.5. The Morgan fingerprint density at radius 3 is 0.859 bits per heavy atom. The van der Waals surface area contributed by atoms with E-state index >= 15 is 0 Å². The lowest BCUT2D eigenvalue weighted by Crippen LogP contribution is -2.29. The zero-order valence-corrected chi connectivity index (χ0v) is 48.4. The second kappa shape index (κ2) is 58.3. The molecule has 10 heteroatoms. The van der Waals surface area contributed by atoms with Crippen LogP contribution in [0.1, 0.15) is 348 Å². The first kappa shape index (κ1) is 70.0. The van der Waals surface area contributed by atoms with Crippen molar-refractivity contribution in [3.63, 3.8) is 0 Å². The number of hydrogen-bond acceptors (Lipinski definition) is 8. The molecule has 71 heavy (non-hydrogen) atoms. The summed E-state index contributed by atoms with van der Waals surface area (Å²) < 4.78 is 33.1. The van der Waals surface area contributed by atoms with Gasteiger partial charge in [0.15, 0.2) is 6.10 Å². The van der Waals surface area contributed by atoms with E-state index in [1.165, 1.54) is 283 Å². The minimum atomic E-state index is -4.38. The van der Waals surface area contributed by atoms with Crippen LogP contribution >= 0.6 is 7.82 Å². The number of rotatable bonds is 61. The molecule has 0 saturated heterocycles. The SMILES string of the molecule is CCCCCCCCCCCCCCCCCCCCCCCCCCCCCCCCC(=O)OC(COC(=O)CCCCCCCCCCCCCCCCCCCCCC)COP(=O)(O)OCCN. The number of hydrogen-bond donors (Lipinski definition) is 2. The maximum absolute atomic E-state index is 12.7. The van der Waals surface area contributed by atoms with E-state index in [1.807, 2.05) is 0 Å². The molecule has 0 rings (SSSR count). The monoisotopic (exact) mass is 1030 g/mol. The van der Waals surface area contributed by atoms with Gasteiger partial charge in [0.25, 0.3) is 0 Å². The van der Waals surface area contributed by atoms with Crippen molar-refractivity contribution in [2.75, 3.05) is 26.4 Å². The molecule has 0 bridgehead atoms. The molecule has 424 valence electrons. The second-order valence-electron chi connectivity index (χ2n) is 21.7. The number of phosphoric acid groups is 1. The standard InChI is InChI=1S/C61H122NO8P/c1-3-5-7-9-11-13-15-17-19-21-23-25-26-27-28-29-30-31-32-33-34-36-38-40-42-44-46-48-50-52-54-61(64)70-59(58-69-71(65,66)68-56-55-62)57-67-60(63)53-51-49-47-45-43-41-39-37-35-24-22-20-18-16-14-12-10-8-6-4-2/h59H,3-58,62H2,1-2H3,(H,65,66). The quantitative estimate of drug-likeness (QED) is 0.0347. The van der Waals surface area contributed by atoms with Gasteiger partial charge in [-0.2, -0.15) is 0 Å². The number of esters is 2. The smallest absolute Gasteiger partial charge is 0.462 e. The van der Waals surface area contributed by atoms with Crippen molar-refractivity contribution in [1.82, 2.24) is 0 Å². The maximum Gasteiger partial charge on any atom is 0.472 e. The average Bonchev–Trinajstić information content (AvgIpc) is 3.36.